The Morgan fingerprint density at radius 2 is 2.00 bits per heavy atom. The zero-order valence-electron chi connectivity index (χ0n) is 10.5. The van der Waals surface area contributed by atoms with E-state index in [9.17, 15) is 0 Å². The quantitative estimate of drug-likeness (QED) is 0.753. The SMILES string of the molecule is CCC1CCN(C(C)(CN)COC)CC1. The number of likely N-dealkylation sites (tertiary alicyclic amines) is 1. The van der Waals surface area contributed by atoms with Gasteiger partial charge in [-0.1, -0.05) is 13.3 Å². The van der Waals surface area contributed by atoms with Crippen LogP contribution in [0, 0.1) is 5.92 Å². The molecule has 0 aromatic heterocycles. The lowest BCUT2D eigenvalue weighted by Crippen LogP contribution is -2.57. The predicted octanol–water partition coefficient (Wildman–Crippen LogP) is 1.47. The fraction of sp³-hybridized carbons (Fsp3) is 1.00. The van der Waals surface area contributed by atoms with Gasteiger partial charge in [-0.2, -0.15) is 0 Å². The van der Waals surface area contributed by atoms with E-state index in [2.05, 4.69) is 18.7 Å². The van der Waals surface area contributed by atoms with Gasteiger partial charge in [-0.3, -0.25) is 4.90 Å². The Morgan fingerprint density at radius 3 is 2.40 bits per heavy atom. The van der Waals surface area contributed by atoms with E-state index in [-0.39, 0.29) is 5.54 Å². The number of piperidine rings is 1. The summed E-state index contributed by atoms with van der Waals surface area (Å²) in [6.07, 6.45) is 3.95. The normalized spacial score (nSPS) is 24.0. The second-order valence-corrected chi connectivity index (χ2v) is 4.97. The maximum Gasteiger partial charge on any atom is 0.0656 e. The van der Waals surface area contributed by atoms with Crippen molar-refractivity contribution >= 4 is 0 Å². The van der Waals surface area contributed by atoms with Crippen LogP contribution in [0.5, 0.6) is 0 Å². The number of ether oxygens (including phenoxy) is 1. The summed E-state index contributed by atoms with van der Waals surface area (Å²) in [6, 6.07) is 0. The summed E-state index contributed by atoms with van der Waals surface area (Å²) in [4.78, 5) is 2.50. The third-order valence-electron chi connectivity index (χ3n) is 3.85. The molecule has 0 aliphatic carbocycles. The Balaban J connectivity index is 2.49. The van der Waals surface area contributed by atoms with Gasteiger partial charge in [-0.05, 0) is 38.8 Å². The summed E-state index contributed by atoms with van der Waals surface area (Å²) in [5, 5.41) is 0. The zero-order chi connectivity index (χ0) is 11.3. The van der Waals surface area contributed by atoms with E-state index in [0.29, 0.717) is 6.54 Å². The van der Waals surface area contributed by atoms with Gasteiger partial charge < -0.3 is 10.5 Å². The average Bonchev–Trinajstić information content (AvgIpc) is 2.29. The minimum absolute atomic E-state index is 0.0352. The first-order valence-electron chi connectivity index (χ1n) is 6.10. The van der Waals surface area contributed by atoms with E-state index in [4.69, 9.17) is 10.5 Å². The number of nitrogens with zero attached hydrogens (tertiary/aromatic N) is 1. The Kier molecular flexibility index (Phi) is 5.03. The van der Waals surface area contributed by atoms with Crippen LogP contribution in [-0.4, -0.2) is 43.8 Å². The molecule has 3 nitrogen and oxygen atoms in total. The highest BCUT2D eigenvalue weighted by atomic mass is 16.5. The molecular formula is C12H26N2O. The van der Waals surface area contributed by atoms with Crippen molar-refractivity contribution in [2.75, 3.05) is 33.4 Å². The van der Waals surface area contributed by atoms with E-state index in [1.54, 1.807) is 7.11 Å². The van der Waals surface area contributed by atoms with E-state index in [1.807, 2.05) is 0 Å². The van der Waals surface area contributed by atoms with Crippen molar-refractivity contribution in [1.29, 1.82) is 0 Å². The minimum Gasteiger partial charge on any atom is -0.383 e. The van der Waals surface area contributed by atoms with Crippen molar-refractivity contribution in [2.24, 2.45) is 11.7 Å². The molecule has 1 saturated heterocycles. The van der Waals surface area contributed by atoms with Crippen molar-refractivity contribution in [3.8, 4) is 0 Å². The van der Waals surface area contributed by atoms with Crippen LogP contribution >= 0.6 is 0 Å². The summed E-state index contributed by atoms with van der Waals surface area (Å²) in [5.41, 5.74) is 5.90. The molecule has 0 amide bonds. The van der Waals surface area contributed by atoms with Gasteiger partial charge in [0.2, 0.25) is 0 Å². The molecule has 1 aliphatic heterocycles. The van der Waals surface area contributed by atoms with Gasteiger partial charge >= 0.3 is 0 Å². The molecule has 1 rings (SSSR count). The molecule has 1 aliphatic rings. The standard InChI is InChI=1S/C12H26N2O/c1-4-11-5-7-14(8-6-11)12(2,9-13)10-15-3/h11H,4-10,13H2,1-3H3. The van der Waals surface area contributed by atoms with Gasteiger partial charge in [0.25, 0.3) is 0 Å². The van der Waals surface area contributed by atoms with Crippen molar-refractivity contribution in [2.45, 2.75) is 38.6 Å². The highest BCUT2D eigenvalue weighted by Gasteiger charge is 2.32. The number of hydrogen-bond donors (Lipinski definition) is 1. The molecule has 1 atom stereocenters. The van der Waals surface area contributed by atoms with Gasteiger partial charge in [0.15, 0.2) is 0 Å². The van der Waals surface area contributed by atoms with Gasteiger partial charge in [0.1, 0.15) is 0 Å². The second kappa shape index (κ2) is 5.83. The van der Waals surface area contributed by atoms with Crippen molar-refractivity contribution in [3.05, 3.63) is 0 Å². The van der Waals surface area contributed by atoms with Crippen molar-refractivity contribution < 1.29 is 4.74 Å². The van der Waals surface area contributed by atoms with Crippen LogP contribution in [0.15, 0.2) is 0 Å². The third kappa shape index (κ3) is 3.16. The first-order valence-corrected chi connectivity index (χ1v) is 6.10. The molecular weight excluding hydrogens is 188 g/mol. The molecule has 15 heavy (non-hydrogen) atoms. The highest BCUT2D eigenvalue weighted by Crippen LogP contribution is 2.25. The summed E-state index contributed by atoms with van der Waals surface area (Å²) < 4.78 is 5.28. The van der Waals surface area contributed by atoms with Gasteiger partial charge in [0, 0.05) is 13.7 Å². The van der Waals surface area contributed by atoms with Gasteiger partial charge in [-0.25, -0.2) is 0 Å². The summed E-state index contributed by atoms with van der Waals surface area (Å²) in [6.45, 7) is 8.27. The second-order valence-electron chi connectivity index (χ2n) is 4.97. The predicted molar refractivity (Wildman–Crippen MR) is 63.9 cm³/mol. The molecule has 1 heterocycles. The topological polar surface area (TPSA) is 38.5 Å². The molecule has 0 bridgehead atoms. The van der Waals surface area contributed by atoms with Gasteiger partial charge in [0.05, 0.1) is 12.1 Å². The molecule has 3 heteroatoms. The van der Waals surface area contributed by atoms with Crippen LogP contribution in [0.25, 0.3) is 0 Å². The Hall–Kier alpha value is -0.120. The average molecular weight is 214 g/mol. The van der Waals surface area contributed by atoms with E-state index >= 15 is 0 Å². The van der Waals surface area contributed by atoms with Gasteiger partial charge in [-0.15, -0.1) is 0 Å². The van der Waals surface area contributed by atoms with Crippen molar-refractivity contribution in [1.82, 2.24) is 4.90 Å². The number of nitrogens with two attached hydrogens (primary N) is 1. The largest absolute Gasteiger partial charge is 0.383 e. The fourth-order valence-electron chi connectivity index (χ4n) is 2.47. The molecule has 0 radical (unpaired) electrons. The molecule has 1 fully saturated rings. The van der Waals surface area contributed by atoms with Crippen LogP contribution in [0.2, 0.25) is 0 Å². The fourth-order valence-corrected chi connectivity index (χ4v) is 2.47. The number of hydrogen-bond acceptors (Lipinski definition) is 3. The Bertz CT molecular complexity index is 178. The van der Waals surface area contributed by atoms with Crippen LogP contribution in [0.4, 0.5) is 0 Å². The van der Waals surface area contributed by atoms with E-state index in [0.717, 1.165) is 12.5 Å². The highest BCUT2D eigenvalue weighted by molar-refractivity contribution is 4.89. The van der Waals surface area contributed by atoms with Crippen LogP contribution in [0.3, 0.4) is 0 Å². The first kappa shape index (κ1) is 12.9. The monoisotopic (exact) mass is 214 g/mol. The summed E-state index contributed by atoms with van der Waals surface area (Å²) in [5.74, 6) is 0.922. The minimum atomic E-state index is 0.0352. The van der Waals surface area contributed by atoms with Crippen LogP contribution in [0.1, 0.15) is 33.1 Å². The molecule has 90 valence electrons. The molecule has 1 unspecified atom stereocenters. The lowest BCUT2D eigenvalue weighted by molar-refractivity contribution is 0.00602. The first-order chi connectivity index (χ1) is 7.16. The maximum atomic E-state index is 5.87. The van der Waals surface area contributed by atoms with Crippen LogP contribution < -0.4 is 5.73 Å². The number of rotatable bonds is 5. The molecule has 0 aromatic rings. The van der Waals surface area contributed by atoms with E-state index < -0.39 is 0 Å². The third-order valence-corrected chi connectivity index (χ3v) is 3.85. The molecule has 0 aromatic carbocycles. The van der Waals surface area contributed by atoms with E-state index in [1.165, 1.54) is 32.4 Å². The molecule has 0 spiro atoms. The molecule has 2 N–H and O–H groups in total. The Labute approximate surface area is 94.0 Å². The zero-order valence-corrected chi connectivity index (χ0v) is 10.5. The lowest BCUT2D eigenvalue weighted by Gasteiger charge is -2.44. The number of methoxy groups -OCH3 is 1. The lowest BCUT2D eigenvalue weighted by atomic mass is 9.90. The van der Waals surface area contributed by atoms with Crippen LogP contribution in [-0.2, 0) is 4.74 Å². The summed E-state index contributed by atoms with van der Waals surface area (Å²) >= 11 is 0. The smallest absolute Gasteiger partial charge is 0.0656 e. The summed E-state index contributed by atoms with van der Waals surface area (Å²) in [7, 11) is 1.76. The van der Waals surface area contributed by atoms with Crippen molar-refractivity contribution in [3.63, 3.8) is 0 Å². The molecule has 0 saturated carbocycles. The Morgan fingerprint density at radius 1 is 1.40 bits per heavy atom. The maximum absolute atomic E-state index is 5.87.